The van der Waals surface area contributed by atoms with Crippen LogP contribution < -0.4 is 9.47 Å². The number of para-hydroxylation sites is 1. The predicted molar refractivity (Wildman–Crippen MR) is 134 cm³/mol. The molecule has 32 heavy (non-hydrogen) atoms. The first kappa shape index (κ1) is 21.9. The van der Waals surface area contributed by atoms with Crippen LogP contribution in [0.3, 0.4) is 0 Å². The highest BCUT2D eigenvalue weighted by Crippen LogP contribution is 2.43. The lowest BCUT2D eigenvalue weighted by Gasteiger charge is -2.20. The Morgan fingerprint density at radius 3 is 2.12 bits per heavy atom. The number of fused-ring (bicyclic) bond motifs is 1. The first-order valence-electron chi connectivity index (χ1n) is 11.1. The summed E-state index contributed by atoms with van der Waals surface area (Å²) in [4.78, 5) is 4.94. The average Bonchev–Trinajstić information content (AvgIpc) is 2.81. The minimum absolute atomic E-state index is 0.106. The van der Waals surface area contributed by atoms with Gasteiger partial charge in [-0.2, -0.15) is 0 Å². The molecule has 0 fully saturated rings. The molecule has 0 unspecified atom stereocenters. The second-order valence-electron chi connectivity index (χ2n) is 9.12. The van der Waals surface area contributed by atoms with Gasteiger partial charge < -0.3 is 9.47 Å². The van der Waals surface area contributed by atoms with Crippen LogP contribution in [-0.4, -0.2) is 19.2 Å². The Bertz CT molecular complexity index is 1250. The van der Waals surface area contributed by atoms with Gasteiger partial charge in [0.2, 0.25) is 0 Å². The first-order chi connectivity index (χ1) is 15.4. The molecule has 0 aliphatic heterocycles. The maximum absolute atomic E-state index is 5.80. The molecule has 0 radical (unpaired) electrons. The van der Waals surface area contributed by atoms with Crippen molar-refractivity contribution in [3.63, 3.8) is 0 Å². The van der Waals surface area contributed by atoms with E-state index in [0.29, 0.717) is 0 Å². The molecule has 1 heterocycles. The number of hydrogen-bond acceptors (Lipinski definition) is 3. The largest absolute Gasteiger partial charge is 0.493 e. The number of pyridine rings is 1. The van der Waals surface area contributed by atoms with Crippen LogP contribution >= 0.6 is 0 Å². The van der Waals surface area contributed by atoms with E-state index in [1.165, 1.54) is 5.56 Å². The van der Waals surface area contributed by atoms with Gasteiger partial charge in [0.25, 0.3) is 0 Å². The Balaban J connectivity index is 1.93. The number of aromatic nitrogens is 1. The Morgan fingerprint density at radius 2 is 1.50 bits per heavy atom. The van der Waals surface area contributed by atoms with Crippen molar-refractivity contribution in [1.29, 1.82) is 0 Å². The summed E-state index contributed by atoms with van der Waals surface area (Å²) in [6.45, 7) is 8.83. The molecule has 0 spiro atoms. The quantitative estimate of drug-likeness (QED) is 0.333. The Hall–Kier alpha value is -3.33. The third kappa shape index (κ3) is 4.08. The van der Waals surface area contributed by atoms with Crippen molar-refractivity contribution in [2.45, 2.75) is 39.5 Å². The van der Waals surface area contributed by atoms with Gasteiger partial charge in [-0.3, -0.25) is 4.98 Å². The molecule has 4 aromatic rings. The molecule has 0 saturated carbocycles. The third-order valence-electron chi connectivity index (χ3n) is 5.99. The molecule has 0 aliphatic rings. The van der Waals surface area contributed by atoms with Crippen LogP contribution in [0.1, 0.15) is 39.0 Å². The molecule has 0 saturated heterocycles. The summed E-state index contributed by atoms with van der Waals surface area (Å²) in [5.74, 6) is 1.46. The Morgan fingerprint density at radius 1 is 0.781 bits per heavy atom. The van der Waals surface area contributed by atoms with Crippen LogP contribution in [0.15, 0.2) is 66.7 Å². The SMILES string of the molecule is CCc1nc2ccccc2cc1-c1cc(OC)c(OC)c(-c2ccc(C(C)(C)C)cc2)c1. The molecule has 0 N–H and O–H groups in total. The molecule has 4 rings (SSSR count). The fourth-order valence-corrected chi connectivity index (χ4v) is 4.16. The van der Waals surface area contributed by atoms with Crippen LogP contribution in [0.5, 0.6) is 11.5 Å². The summed E-state index contributed by atoms with van der Waals surface area (Å²) in [5, 5.41) is 1.13. The van der Waals surface area contributed by atoms with Gasteiger partial charge in [-0.25, -0.2) is 0 Å². The van der Waals surface area contributed by atoms with Crippen molar-refractivity contribution in [2.24, 2.45) is 0 Å². The molecule has 1 aromatic heterocycles. The van der Waals surface area contributed by atoms with Gasteiger partial charge in [0.05, 0.1) is 19.7 Å². The molecular formula is C29H31NO2. The number of methoxy groups -OCH3 is 2. The summed E-state index contributed by atoms with van der Waals surface area (Å²) >= 11 is 0. The van der Waals surface area contributed by atoms with E-state index in [1.54, 1.807) is 14.2 Å². The topological polar surface area (TPSA) is 31.4 Å². The lowest BCUT2D eigenvalue weighted by atomic mass is 9.86. The molecule has 3 heteroatoms. The van der Waals surface area contributed by atoms with Crippen molar-refractivity contribution in [1.82, 2.24) is 4.98 Å². The lowest BCUT2D eigenvalue weighted by Crippen LogP contribution is -2.10. The summed E-state index contributed by atoms with van der Waals surface area (Å²) in [6.07, 6.45) is 0.851. The number of ether oxygens (including phenoxy) is 2. The Kier molecular flexibility index (Phi) is 5.92. The minimum Gasteiger partial charge on any atom is -0.493 e. The van der Waals surface area contributed by atoms with Crippen molar-refractivity contribution < 1.29 is 9.47 Å². The zero-order valence-corrected chi connectivity index (χ0v) is 19.8. The summed E-state index contributed by atoms with van der Waals surface area (Å²) in [6, 6.07) is 23.5. The molecular weight excluding hydrogens is 394 g/mol. The van der Waals surface area contributed by atoms with Crippen LogP contribution in [0.25, 0.3) is 33.2 Å². The van der Waals surface area contributed by atoms with Crippen LogP contribution in [0.2, 0.25) is 0 Å². The van der Waals surface area contributed by atoms with E-state index < -0.39 is 0 Å². The highest BCUT2D eigenvalue weighted by Gasteiger charge is 2.19. The van der Waals surface area contributed by atoms with Crippen molar-refractivity contribution in [3.05, 3.63) is 78.0 Å². The van der Waals surface area contributed by atoms with E-state index in [0.717, 1.165) is 56.8 Å². The van der Waals surface area contributed by atoms with E-state index in [9.17, 15) is 0 Å². The first-order valence-corrected chi connectivity index (χ1v) is 11.1. The Labute approximate surface area is 191 Å². The highest BCUT2D eigenvalue weighted by molar-refractivity contribution is 5.88. The molecule has 0 bridgehead atoms. The second-order valence-corrected chi connectivity index (χ2v) is 9.12. The molecule has 0 aliphatic carbocycles. The molecule has 3 aromatic carbocycles. The monoisotopic (exact) mass is 425 g/mol. The summed E-state index contributed by atoms with van der Waals surface area (Å²) in [5.41, 5.74) is 7.81. The van der Waals surface area contributed by atoms with Gasteiger partial charge in [0.1, 0.15) is 0 Å². The van der Waals surface area contributed by atoms with E-state index in [2.05, 4.69) is 88.4 Å². The number of aryl methyl sites for hydroxylation is 1. The van der Waals surface area contributed by atoms with Gasteiger partial charge in [0.15, 0.2) is 11.5 Å². The average molecular weight is 426 g/mol. The van der Waals surface area contributed by atoms with Gasteiger partial charge in [0, 0.05) is 22.2 Å². The second kappa shape index (κ2) is 8.66. The smallest absolute Gasteiger partial charge is 0.168 e. The highest BCUT2D eigenvalue weighted by atomic mass is 16.5. The van der Waals surface area contributed by atoms with E-state index in [4.69, 9.17) is 14.5 Å². The summed E-state index contributed by atoms with van der Waals surface area (Å²) in [7, 11) is 3.38. The molecule has 164 valence electrons. The van der Waals surface area contributed by atoms with Gasteiger partial charge in [-0.1, -0.05) is 70.2 Å². The normalized spacial score (nSPS) is 11.6. The number of benzene rings is 3. The fourth-order valence-electron chi connectivity index (χ4n) is 4.16. The van der Waals surface area contributed by atoms with Gasteiger partial charge in [-0.15, -0.1) is 0 Å². The zero-order chi connectivity index (χ0) is 22.9. The maximum Gasteiger partial charge on any atom is 0.168 e. The van der Waals surface area contributed by atoms with E-state index >= 15 is 0 Å². The fraction of sp³-hybridized carbons (Fsp3) is 0.276. The predicted octanol–water partition coefficient (Wildman–Crippen LogP) is 7.45. The number of rotatable bonds is 5. The number of hydrogen-bond donors (Lipinski definition) is 0. The van der Waals surface area contributed by atoms with Crippen LogP contribution in [0.4, 0.5) is 0 Å². The van der Waals surface area contributed by atoms with E-state index in [-0.39, 0.29) is 5.41 Å². The standard InChI is InChI=1S/C29H31NO2/c1-7-25-23(16-20-10-8-9-11-26(20)30-25)21-17-24(28(32-6)27(18-21)31-5)19-12-14-22(15-13-19)29(2,3)4/h8-18H,7H2,1-6H3. The van der Waals surface area contributed by atoms with E-state index in [1.807, 2.05) is 6.07 Å². The molecule has 3 nitrogen and oxygen atoms in total. The zero-order valence-electron chi connectivity index (χ0n) is 19.8. The van der Waals surface area contributed by atoms with Crippen molar-refractivity contribution >= 4 is 10.9 Å². The van der Waals surface area contributed by atoms with Crippen LogP contribution in [0, 0.1) is 0 Å². The molecule has 0 atom stereocenters. The van der Waals surface area contributed by atoms with Crippen molar-refractivity contribution in [3.8, 4) is 33.8 Å². The van der Waals surface area contributed by atoms with Crippen molar-refractivity contribution in [2.75, 3.05) is 14.2 Å². The van der Waals surface area contributed by atoms with Crippen LogP contribution in [-0.2, 0) is 11.8 Å². The minimum atomic E-state index is 0.106. The third-order valence-corrected chi connectivity index (χ3v) is 5.99. The maximum atomic E-state index is 5.80. The van der Waals surface area contributed by atoms with Gasteiger partial charge >= 0.3 is 0 Å². The summed E-state index contributed by atoms with van der Waals surface area (Å²) < 4.78 is 11.6. The van der Waals surface area contributed by atoms with Gasteiger partial charge in [-0.05, 0) is 52.8 Å². The lowest BCUT2D eigenvalue weighted by molar-refractivity contribution is 0.356. The number of nitrogens with zero attached hydrogens (tertiary/aromatic N) is 1. The molecule has 0 amide bonds.